The molecule has 0 spiro atoms. The Morgan fingerprint density at radius 3 is 2.79 bits per heavy atom. The van der Waals surface area contributed by atoms with Crippen molar-refractivity contribution in [2.45, 2.75) is 31.2 Å². The van der Waals surface area contributed by atoms with Gasteiger partial charge in [-0.2, -0.15) is 0 Å². The maximum atomic E-state index is 10.1. The fourth-order valence-corrected chi connectivity index (χ4v) is 2.90. The van der Waals surface area contributed by atoms with Gasteiger partial charge in [0.1, 0.15) is 5.75 Å². The number of halogens is 1. The second kappa shape index (κ2) is 7.37. The van der Waals surface area contributed by atoms with Gasteiger partial charge in [-0.25, -0.2) is 0 Å². The summed E-state index contributed by atoms with van der Waals surface area (Å²) in [7, 11) is 0. The maximum absolute atomic E-state index is 10.1. The first-order valence-electron chi connectivity index (χ1n) is 6.53. The highest BCUT2D eigenvalue weighted by Crippen LogP contribution is 2.39. The van der Waals surface area contributed by atoms with E-state index < -0.39 is 0 Å². The van der Waals surface area contributed by atoms with E-state index >= 15 is 0 Å². The Kier molecular flexibility index (Phi) is 6.13. The minimum Gasteiger partial charge on any atom is -0.508 e. The first kappa shape index (κ1) is 15.8. The Bertz CT molecular complexity index is 444. The molecular weight excluding hydrogens is 258 g/mol. The zero-order valence-electron chi connectivity index (χ0n) is 11.1. The quantitative estimate of drug-likeness (QED) is 0.808. The third-order valence-corrected chi connectivity index (χ3v) is 3.70. The topological polar surface area (TPSA) is 32.3 Å². The van der Waals surface area contributed by atoms with Gasteiger partial charge in [-0.05, 0) is 30.9 Å². The summed E-state index contributed by atoms with van der Waals surface area (Å²) in [5, 5.41) is 13.6. The molecule has 1 aliphatic carbocycles. The van der Waals surface area contributed by atoms with Gasteiger partial charge in [0.25, 0.3) is 0 Å². The number of aryl methyl sites for hydroxylation is 1. The van der Waals surface area contributed by atoms with Gasteiger partial charge in [-0.3, -0.25) is 0 Å². The summed E-state index contributed by atoms with van der Waals surface area (Å²) in [5.74, 6) is 0.733. The van der Waals surface area contributed by atoms with Crippen molar-refractivity contribution in [3.8, 4) is 5.75 Å². The van der Waals surface area contributed by atoms with E-state index in [1.807, 2.05) is 18.2 Å². The molecule has 2 rings (SSSR count). The van der Waals surface area contributed by atoms with Crippen molar-refractivity contribution in [2.24, 2.45) is 0 Å². The van der Waals surface area contributed by atoms with Gasteiger partial charge in [-0.1, -0.05) is 24.3 Å². The number of phenolic OH excluding ortho intramolecular Hbond substituents is 1. The number of hydrogen-bond acceptors (Lipinski definition) is 2. The predicted octanol–water partition coefficient (Wildman–Crippen LogP) is 3.56. The molecular formula is C16H22ClNO. The van der Waals surface area contributed by atoms with Crippen LogP contribution in [0.25, 0.3) is 0 Å². The summed E-state index contributed by atoms with van der Waals surface area (Å²) in [4.78, 5) is 0. The van der Waals surface area contributed by atoms with Gasteiger partial charge in [0.15, 0.2) is 0 Å². The third-order valence-electron chi connectivity index (χ3n) is 3.70. The van der Waals surface area contributed by atoms with Crippen LogP contribution in [0.1, 0.15) is 29.9 Å². The Balaban J connectivity index is 0.00000180. The highest BCUT2D eigenvalue weighted by atomic mass is 35.5. The molecule has 1 aliphatic rings. The molecule has 0 saturated carbocycles. The highest BCUT2D eigenvalue weighted by Gasteiger charge is 2.30. The van der Waals surface area contributed by atoms with Crippen LogP contribution in [0.3, 0.4) is 0 Å². The van der Waals surface area contributed by atoms with Crippen molar-refractivity contribution in [1.29, 1.82) is 0 Å². The molecule has 0 heterocycles. The van der Waals surface area contributed by atoms with Crippen molar-refractivity contribution in [1.82, 2.24) is 5.32 Å². The summed E-state index contributed by atoms with van der Waals surface area (Å²) in [5.41, 5.74) is 2.38. The molecule has 0 bridgehead atoms. The largest absolute Gasteiger partial charge is 0.508 e. The van der Waals surface area contributed by atoms with Gasteiger partial charge in [0.05, 0.1) is 0 Å². The van der Waals surface area contributed by atoms with Crippen molar-refractivity contribution in [2.75, 3.05) is 6.54 Å². The summed E-state index contributed by atoms with van der Waals surface area (Å²) < 4.78 is 0. The number of phenols is 1. The lowest BCUT2D eigenvalue weighted by Crippen LogP contribution is -2.38. The van der Waals surface area contributed by atoms with E-state index in [1.54, 1.807) is 6.07 Å². The Labute approximate surface area is 121 Å². The fraction of sp³-hybridized carbons (Fsp3) is 0.375. The van der Waals surface area contributed by atoms with Crippen molar-refractivity contribution >= 4 is 12.4 Å². The monoisotopic (exact) mass is 279 g/mol. The first-order valence-corrected chi connectivity index (χ1v) is 6.53. The van der Waals surface area contributed by atoms with Crippen LogP contribution in [0.5, 0.6) is 5.75 Å². The van der Waals surface area contributed by atoms with Crippen LogP contribution in [-0.2, 0) is 6.42 Å². The van der Waals surface area contributed by atoms with E-state index in [4.69, 9.17) is 0 Å². The average molecular weight is 280 g/mol. The number of benzene rings is 1. The van der Waals surface area contributed by atoms with E-state index in [0.29, 0.717) is 17.7 Å². The van der Waals surface area contributed by atoms with Crippen LogP contribution >= 0.6 is 12.4 Å². The normalized spacial score (nSPS) is 21.1. The van der Waals surface area contributed by atoms with E-state index in [1.165, 1.54) is 5.56 Å². The molecule has 1 aromatic rings. The van der Waals surface area contributed by atoms with Gasteiger partial charge >= 0.3 is 0 Å². The van der Waals surface area contributed by atoms with Gasteiger partial charge in [0.2, 0.25) is 0 Å². The lowest BCUT2D eigenvalue weighted by molar-refractivity contribution is 0.381. The van der Waals surface area contributed by atoms with E-state index in [9.17, 15) is 5.11 Å². The number of rotatable bonds is 5. The molecule has 0 fully saturated rings. The maximum Gasteiger partial charge on any atom is 0.119 e. The molecule has 2 atom stereocenters. The second-order valence-corrected chi connectivity index (χ2v) is 4.82. The molecule has 19 heavy (non-hydrogen) atoms. The molecule has 2 N–H and O–H groups in total. The van der Waals surface area contributed by atoms with Crippen LogP contribution in [0, 0.1) is 0 Å². The molecule has 2 nitrogen and oxygen atoms in total. The summed E-state index contributed by atoms with van der Waals surface area (Å²) in [6.45, 7) is 8.40. The Morgan fingerprint density at radius 1 is 1.32 bits per heavy atom. The molecule has 0 aromatic heterocycles. The summed E-state index contributed by atoms with van der Waals surface area (Å²) in [6.07, 6.45) is 6.83. The molecule has 104 valence electrons. The van der Waals surface area contributed by atoms with Crippen molar-refractivity contribution in [3.63, 3.8) is 0 Å². The van der Waals surface area contributed by atoms with Crippen LogP contribution in [-0.4, -0.2) is 17.7 Å². The lowest BCUT2D eigenvalue weighted by Gasteiger charge is -2.34. The van der Waals surface area contributed by atoms with Gasteiger partial charge < -0.3 is 10.4 Å². The smallest absolute Gasteiger partial charge is 0.119 e. The third kappa shape index (κ3) is 3.40. The van der Waals surface area contributed by atoms with Crippen LogP contribution in [0.2, 0.25) is 0 Å². The second-order valence-electron chi connectivity index (χ2n) is 4.82. The number of nitrogens with one attached hydrogen (secondary N) is 1. The SMILES string of the molecule is C=CCNC1CCc2cccc(O)c2C1CC=C.Cl. The van der Waals surface area contributed by atoms with Crippen molar-refractivity contribution in [3.05, 3.63) is 54.6 Å². The van der Waals surface area contributed by atoms with E-state index in [-0.39, 0.29) is 12.4 Å². The zero-order chi connectivity index (χ0) is 13.0. The zero-order valence-corrected chi connectivity index (χ0v) is 12.0. The molecule has 0 saturated heterocycles. The minimum absolute atomic E-state index is 0. The number of allylic oxidation sites excluding steroid dienone is 1. The molecule has 0 radical (unpaired) electrons. The molecule has 0 aliphatic heterocycles. The Morgan fingerprint density at radius 2 is 2.11 bits per heavy atom. The number of aromatic hydroxyl groups is 1. The standard InChI is InChI=1S/C16H21NO.ClH/c1-3-6-13-14(17-11-4-2)10-9-12-7-5-8-15(18)16(12)13;/h3-5,7-8,13-14,17-18H,1-2,6,9-11H2;1H. The van der Waals surface area contributed by atoms with Crippen LogP contribution < -0.4 is 5.32 Å². The average Bonchev–Trinajstić information content (AvgIpc) is 2.38. The Hall–Kier alpha value is -1.25. The predicted molar refractivity (Wildman–Crippen MR) is 83.2 cm³/mol. The summed E-state index contributed by atoms with van der Waals surface area (Å²) >= 11 is 0. The minimum atomic E-state index is 0. The lowest BCUT2D eigenvalue weighted by atomic mass is 9.77. The first-order chi connectivity index (χ1) is 8.77. The number of hydrogen-bond donors (Lipinski definition) is 2. The molecule has 0 amide bonds. The van der Waals surface area contributed by atoms with E-state index in [2.05, 4.69) is 24.5 Å². The van der Waals surface area contributed by atoms with Crippen LogP contribution in [0.15, 0.2) is 43.5 Å². The molecule has 3 heteroatoms. The van der Waals surface area contributed by atoms with Gasteiger partial charge in [0, 0.05) is 24.1 Å². The van der Waals surface area contributed by atoms with Crippen molar-refractivity contribution < 1.29 is 5.11 Å². The highest BCUT2D eigenvalue weighted by molar-refractivity contribution is 5.85. The number of fused-ring (bicyclic) bond motifs is 1. The van der Waals surface area contributed by atoms with Crippen LogP contribution in [0.4, 0.5) is 0 Å². The molecule has 1 aromatic carbocycles. The molecule has 2 unspecified atom stereocenters. The van der Waals surface area contributed by atoms with E-state index in [0.717, 1.165) is 31.4 Å². The fourth-order valence-electron chi connectivity index (χ4n) is 2.90. The van der Waals surface area contributed by atoms with Gasteiger partial charge in [-0.15, -0.1) is 25.6 Å². The summed E-state index contributed by atoms with van der Waals surface area (Å²) in [6, 6.07) is 6.22.